The van der Waals surface area contributed by atoms with Crippen molar-refractivity contribution in [2.75, 3.05) is 20.3 Å². The van der Waals surface area contributed by atoms with E-state index in [-0.39, 0.29) is 5.56 Å². The molecule has 1 aromatic carbocycles. The van der Waals surface area contributed by atoms with Crippen LogP contribution in [0.1, 0.15) is 60.0 Å². The zero-order valence-corrected chi connectivity index (χ0v) is 19.0. The largest absolute Gasteiger partial charge is 0.383 e. The Morgan fingerprint density at radius 3 is 2.67 bits per heavy atom. The van der Waals surface area contributed by atoms with Crippen LogP contribution in [0.15, 0.2) is 35.1 Å². The molecule has 0 saturated heterocycles. The molecule has 6 heteroatoms. The van der Waals surface area contributed by atoms with Gasteiger partial charge in [-0.2, -0.15) is 0 Å². The smallest absolute Gasteiger partial charge is 0.259 e. The van der Waals surface area contributed by atoms with Gasteiger partial charge in [-0.15, -0.1) is 11.3 Å². The van der Waals surface area contributed by atoms with Gasteiger partial charge in [-0.3, -0.25) is 14.1 Å². The molecule has 0 bridgehead atoms. The highest BCUT2D eigenvalue weighted by molar-refractivity contribution is 7.17. The van der Waals surface area contributed by atoms with Crippen LogP contribution >= 0.6 is 11.3 Å². The zero-order chi connectivity index (χ0) is 21.1. The number of rotatable bonds is 8. The summed E-state index contributed by atoms with van der Waals surface area (Å²) in [6, 6.07) is 10.5. The lowest BCUT2D eigenvalue weighted by molar-refractivity contribution is 0.139. The van der Waals surface area contributed by atoms with E-state index in [0.29, 0.717) is 19.1 Å². The number of hydrogen-bond acceptors (Lipinski definition) is 5. The van der Waals surface area contributed by atoms with Crippen molar-refractivity contribution in [3.05, 3.63) is 68.1 Å². The van der Waals surface area contributed by atoms with Gasteiger partial charge >= 0.3 is 0 Å². The molecule has 160 valence electrons. The monoisotopic (exact) mass is 425 g/mol. The van der Waals surface area contributed by atoms with E-state index in [4.69, 9.17) is 9.72 Å². The van der Waals surface area contributed by atoms with Crippen LogP contribution in [0, 0.1) is 0 Å². The van der Waals surface area contributed by atoms with Gasteiger partial charge in [0.05, 0.1) is 12.3 Å². The minimum Gasteiger partial charge on any atom is -0.383 e. The van der Waals surface area contributed by atoms with Gasteiger partial charge in [-0.1, -0.05) is 38.1 Å². The molecule has 0 fully saturated rings. The molecule has 0 aliphatic heterocycles. The second-order valence-corrected chi connectivity index (χ2v) is 9.54. The molecule has 5 nitrogen and oxygen atoms in total. The summed E-state index contributed by atoms with van der Waals surface area (Å²) >= 11 is 1.69. The number of thiazole rings is 1. The summed E-state index contributed by atoms with van der Waals surface area (Å²) in [4.78, 5) is 22.2. The summed E-state index contributed by atoms with van der Waals surface area (Å²) in [5, 5.41) is 0. The van der Waals surface area contributed by atoms with Crippen LogP contribution in [0.25, 0.3) is 4.96 Å². The van der Waals surface area contributed by atoms with E-state index in [9.17, 15) is 4.79 Å². The standard InChI is InChI=1S/C24H31N3O2S/c1-17(2)19-10-8-18(9-11-19)15-26(12-13-29-3)16-20-14-23(28)27-21-6-4-5-7-22(21)30-24(27)25-20/h8-11,14,17H,4-7,12-13,15-16H2,1-3H3. The van der Waals surface area contributed by atoms with Crippen molar-refractivity contribution in [3.63, 3.8) is 0 Å². The Labute approximate surface area is 182 Å². The first-order valence-electron chi connectivity index (χ1n) is 10.9. The molecule has 0 N–H and O–H groups in total. The fourth-order valence-corrected chi connectivity index (χ4v) is 5.38. The molecule has 0 saturated carbocycles. The Bertz CT molecular complexity index is 1050. The number of nitrogens with zero attached hydrogens (tertiary/aromatic N) is 3. The van der Waals surface area contributed by atoms with Gasteiger partial charge in [0.1, 0.15) is 0 Å². The number of benzene rings is 1. The molecule has 0 spiro atoms. The quantitative estimate of drug-likeness (QED) is 0.536. The lowest BCUT2D eigenvalue weighted by Gasteiger charge is -2.22. The first-order chi connectivity index (χ1) is 14.5. The Balaban J connectivity index is 1.56. The number of methoxy groups -OCH3 is 1. The summed E-state index contributed by atoms with van der Waals surface area (Å²) in [6.45, 7) is 7.32. The van der Waals surface area contributed by atoms with Crippen molar-refractivity contribution in [2.45, 2.75) is 58.5 Å². The Hall–Kier alpha value is -2.02. The molecule has 4 rings (SSSR count). The molecule has 2 aromatic heterocycles. The summed E-state index contributed by atoms with van der Waals surface area (Å²) in [5.41, 5.74) is 4.70. The normalized spacial score (nSPS) is 14.0. The average molecular weight is 426 g/mol. The van der Waals surface area contributed by atoms with Crippen molar-refractivity contribution in [2.24, 2.45) is 0 Å². The van der Waals surface area contributed by atoms with E-state index >= 15 is 0 Å². The van der Waals surface area contributed by atoms with Crippen LogP contribution in [-0.4, -0.2) is 34.5 Å². The van der Waals surface area contributed by atoms with Crippen LogP contribution in [0.5, 0.6) is 0 Å². The topological polar surface area (TPSA) is 46.8 Å². The van der Waals surface area contributed by atoms with Crippen LogP contribution in [0.3, 0.4) is 0 Å². The van der Waals surface area contributed by atoms with Crippen LogP contribution < -0.4 is 5.56 Å². The van der Waals surface area contributed by atoms with E-state index < -0.39 is 0 Å². The number of ether oxygens (including phenoxy) is 1. The zero-order valence-electron chi connectivity index (χ0n) is 18.2. The number of hydrogen-bond donors (Lipinski definition) is 0. The highest BCUT2D eigenvalue weighted by Gasteiger charge is 2.19. The molecule has 30 heavy (non-hydrogen) atoms. The molecular formula is C24H31N3O2S. The van der Waals surface area contributed by atoms with E-state index in [1.54, 1.807) is 24.5 Å². The summed E-state index contributed by atoms with van der Waals surface area (Å²) < 4.78 is 7.16. The Morgan fingerprint density at radius 1 is 1.17 bits per heavy atom. The van der Waals surface area contributed by atoms with Gasteiger partial charge in [0, 0.05) is 43.4 Å². The third kappa shape index (κ3) is 4.66. The molecular weight excluding hydrogens is 394 g/mol. The molecule has 0 atom stereocenters. The van der Waals surface area contributed by atoms with Gasteiger partial charge in [0.2, 0.25) is 0 Å². The van der Waals surface area contributed by atoms with Crippen LogP contribution in [-0.2, 0) is 30.7 Å². The maximum absolute atomic E-state index is 12.9. The molecule has 1 aliphatic rings. The van der Waals surface area contributed by atoms with Crippen LogP contribution in [0.2, 0.25) is 0 Å². The molecule has 1 aliphatic carbocycles. The lowest BCUT2D eigenvalue weighted by atomic mass is 10.0. The fraction of sp³-hybridized carbons (Fsp3) is 0.500. The molecule has 0 radical (unpaired) electrons. The Kier molecular flexibility index (Phi) is 6.66. The fourth-order valence-electron chi connectivity index (χ4n) is 4.15. The van der Waals surface area contributed by atoms with Gasteiger partial charge < -0.3 is 4.74 Å². The van der Waals surface area contributed by atoms with Crippen molar-refractivity contribution in [3.8, 4) is 0 Å². The van der Waals surface area contributed by atoms with E-state index in [0.717, 1.165) is 43.0 Å². The Morgan fingerprint density at radius 2 is 1.93 bits per heavy atom. The SMILES string of the molecule is COCCN(Cc1ccc(C(C)C)cc1)Cc1cc(=O)n2c3c(sc2n1)CCCC3. The first-order valence-corrected chi connectivity index (χ1v) is 11.7. The number of aryl methyl sites for hydroxylation is 2. The molecule has 2 heterocycles. The first kappa shape index (κ1) is 21.2. The third-order valence-electron chi connectivity index (χ3n) is 5.86. The highest BCUT2D eigenvalue weighted by Crippen LogP contribution is 2.28. The van der Waals surface area contributed by atoms with E-state index in [2.05, 4.69) is 43.0 Å². The van der Waals surface area contributed by atoms with Gasteiger partial charge in [0.25, 0.3) is 5.56 Å². The van der Waals surface area contributed by atoms with Crippen molar-refractivity contribution in [1.29, 1.82) is 0 Å². The minimum absolute atomic E-state index is 0.0578. The minimum atomic E-state index is 0.0578. The van der Waals surface area contributed by atoms with Gasteiger partial charge in [-0.25, -0.2) is 4.98 Å². The molecule has 0 amide bonds. The number of fused-ring (bicyclic) bond motifs is 3. The predicted octanol–water partition coefficient (Wildman–Crippen LogP) is 4.41. The highest BCUT2D eigenvalue weighted by atomic mass is 32.1. The van der Waals surface area contributed by atoms with Gasteiger partial charge in [-0.05, 0) is 42.7 Å². The van der Waals surface area contributed by atoms with E-state index in [1.807, 2.05) is 4.40 Å². The lowest BCUT2D eigenvalue weighted by Crippen LogP contribution is -2.28. The summed E-state index contributed by atoms with van der Waals surface area (Å²) in [7, 11) is 1.72. The average Bonchev–Trinajstić information content (AvgIpc) is 3.11. The molecule has 3 aromatic rings. The second-order valence-electron chi connectivity index (χ2n) is 8.48. The predicted molar refractivity (Wildman–Crippen MR) is 123 cm³/mol. The molecule has 0 unspecified atom stereocenters. The summed E-state index contributed by atoms with van der Waals surface area (Å²) in [5.74, 6) is 0.532. The van der Waals surface area contributed by atoms with E-state index in [1.165, 1.54) is 28.1 Å². The van der Waals surface area contributed by atoms with Crippen LogP contribution in [0.4, 0.5) is 0 Å². The van der Waals surface area contributed by atoms with Crippen molar-refractivity contribution < 1.29 is 4.74 Å². The maximum atomic E-state index is 12.9. The second kappa shape index (κ2) is 9.41. The maximum Gasteiger partial charge on any atom is 0.259 e. The van der Waals surface area contributed by atoms with Crippen molar-refractivity contribution in [1.82, 2.24) is 14.3 Å². The van der Waals surface area contributed by atoms with Gasteiger partial charge in [0.15, 0.2) is 4.96 Å². The third-order valence-corrected chi connectivity index (χ3v) is 7.01. The summed E-state index contributed by atoms with van der Waals surface area (Å²) in [6.07, 6.45) is 4.43. The van der Waals surface area contributed by atoms with Crippen molar-refractivity contribution >= 4 is 16.3 Å². The number of aromatic nitrogens is 2.